The van der Waals surface area contributed by atoms with Gasteiger partial charge in [-0.2, -0.15) is 5.90 Å². The van der Waals surface area contributed by atoms with Gasteiger partial charge in [0.1, 0.15) is 18.8 Å². The van der Waals surface area contributed by atoms with Gasteiger partial charge in [-0.25, -0.2) is 9.18 Å². The molecule has 2 heterocycles. The van der Waals surface area contributed by atoms with Crippen molar-refractivity contribution in [3.63, 3.8) is 0 Å². The summed E-state index contributed by atoms with van der Waals surface area (Å²) >= 11 is 1.56. The number of carbonyl (C=O) groups excluding carboxylic acids is 4. The van der Waals surface area contributed by atoms with E-state index in [0.717, 1.165) is 9.79 Å². The summed E-state index contributed by atoms with van der Waals surface area (Å²) < 4.78 is 13.1. The average molecular weight is 501 g/mol. The molecule has 0 aliphatic carbocycles. The first-order chi connectivity index (χ1) is 16.9. The predicted molar refractivity (Wildman–Crippen MR) is 127 cm³/mol. The van der Waals surface area contributed by atoms with E-state index in [0.29, 0.717) is 37.2 Å². The number of piperidine rings is 1. The second kappa shape index (κ2) is 10.9. The van der Waals surface area contributed by atoms with Crippen LogP contribution < -0.4 is 16.1 Å². The van der Waals surface area contributed by atoms with Crippen LogP contribution in [-0.2, 0) is 19.2 Å². The van der Waals surface area contributed by atoms with Crippen molar-refractivity contribution in [1.29, 1.82) is 0 Å². The number of nitrogens with two attached hydrogens (primary N) is 1. The minimum atomic E-state index is -1.43. The number of para-hydroxylation sites is 2. The fourth-order valence-corrected chi connectivity index (χ4v) is 5.35. The molecule has 4 rings (SSSR count). The van der Waals surface area contributed by atoms with Crippen LogP contribution in [0.4, 0.5) is 20.6 Å². The molecule has 0 bridgehead atoms. The van der Waals surface area contributed by atoms with Crippen LogP contribution in [-0.4, -0.2) is 53.9 Å². The number of hydrogen-bond acceptors (Lipinski definition) is 7. The van der Waals surface area contributed by atoms with Crippen molar-refractivity contribution in [2.75, 3.05) is 18.1 Å². The van der Waals surface area contributed by atoms with E-state index in [9.17, 15) is 23.6 Å². The van der Waals surface area contributed by atoms with Gasteiger partial charge in [0.15, 0.2) is 5.78 Å². The molecule has 0 spiro atoms. The summed E-state index contributed by atoms with van der Waals surface area (Å²) in [4.78, 5) is 59.7. The van der Waals surface area contributed by atoms with Gasteiger partial charge >= 0.3 is 12.0 Å². The Labute approximate surface area is 205 Å². The van der Waals surface area contributed by atoms with Gasteiger partial charge in [0.05, 0.1) is 17.8 Å². The zero-order chi connectivity index (χ0) is 24.9. The Morgan fingerprint density at radius 3 is 2.29 bits per heavy atom. The number of fused-ring (bicyclic) bond motifs is 2. The number of nitrogens with one attached hydrogen (secondary N) is 1. The lowest BCUT2D eigenvalue weighted by molar-refractivity contribution is -0.146. The molecule has 2 unspecified atom stereocenters. The quantitative estimate of drug-likeness (QED) is 0.585. The smallest absolute Gasteiger partial charge is 0.329 e. The van der Waals surface area contributed by atoms with Crippen molar-refractivity contribution < 1.29 is 28.4 Å². The first-order valence-electron chi connectivity index (χ1n) is 11.2. The van der Waals surface area contributed by atoms with E-state index >= 15 is 0 Å². The minimum Gasteiger partial charge on any atom is -0.373 e. The Bertz CT molecular complexity index is 1100. The number of benzene rings is 2. The van der Waals surface area contributed by atoms with Crippen molar-refractivity contribution in [1.82, 2.24) is 10.2 Å². The van der Waals surface area contributed by atoms with Crippen molar-refractivity contribution in [2.24, 2.45) is 5.90 Å². The summed E-state index contributed by atoms with van der Waals surface area (Å²) in [6.07, 6.45) is 1.16. The van der Waals surface area contributed by atoms with Crippen LogP contribution in [0.25, 0.3) is 0 Å². The topological polar surface area (TPSA) is 122 Å². The average Bonchev–Trinajstić information content (AvgIpc) is 2.90. The van der Waals surface area contributed by atoms with E-state index in [1.807, 2.05) is 48.5 Å². The Hall–Kier alpha value is -3.44. The Kier molecular flexibility index (Phi) is 7.67. The molecule has 2 aliphatic heterocycles. The number of ketones is 1. The maximum absolute atomic E-state index is 13.9. The fraction of sp³-hybridized carbons (Fsp3) is 0.333. The number of likely N-dealkylation sites (tertiary alicyclic amines) is 1. The number of hydrogen-bond donors (Lipinski definition) is 2. The SMILES string of the molecule is NOC(=O)CC(NC(=O)C1CCCCN1C(=O)N1c2ccccc2Sc2ccccc21)C(=O)CF. The van der Waals surface area contributed by atoms with Crippen LogP contribution in [0.15, 0.2) is 58.3 Å². The molecule has 1 fully saturated rings. The van der Waals surface area contributed by atoms with Crippen molar-refractivity contribution in [3.05, 3.63) is 48.5 Å². The molecule has 0 saturated carbocycles. The Balaban J connectivity index is 1.62. The molecular formula is C24H25FN4O5S. The van der Waals surface area contributed by atoms with E-state index in [1.165, 1.54) is 4.90 Å². The third-order valence-electron chi connectivity index (χ3n) is 6.01. The summed E-state index contributed by atoms with van der Waals surface area (Å²) in [6.45, 7) is -1.04. The molecule has 1 saturated heterocycles. The van der Waals surface area contributed by atoms with Gasteiger partial charge in [0.2, 0.25) is 5.91 Å². The van der Waals surface area contributed by atoms with Crippen LogP contribution in [0.1, 0.15) is 25.7 Å². The van der Waals surface area contributed by atoms with Crippen molar-refractivity contribution in [2.45, 2.75) is 47.6 Å². The van der Waals surface area contributed by atoms with Gasteiger partial charge < -0.3 is 15.1 Å². The molecule has 3 amide bonds. The zero-order valence-electron chi connectivity index (χ0n) is 18.8. The number of Topliss-reactive ketones (excluding diaryl/α,β-unsaturated/α-hetero) is 1. The van der Waals surface area contributed by atoms with Crippen LogP contribution in [0.2, 0.25) is 0 Å². The summed E-state index contributed by atoms with van der Waals surface area (Å²) in [5.74, 6) is 2.25. The summed E-state index contributed by atoms with van der Waals surface area (Å²) in [5.41, 5.74) is 1.42. The number of carbonyl (C=O) groups is 4. The summed E-state index contributed by atoms with van der Waals surface area (Å²) in [6, 6.07) is 12.3. The highest BCUT2D eigenvalue weighted by molar-refractivity contribution is 7.99. The second-order valence-electron chi connectivity index (χ2n) is 8.22. The fourth-order valence-electron chi connectivity index (χ4n) is 4.29. The third-order valence-corrected chi connectivity index (χ3v) is 7.14. The number of alkyl halides is 1. The molecule has 9 nitrogen and oxygen atoms in total. The monoisotopic (exact) mass is 500 g/mol. The highest BCUT2D eigenvalue weighted by Crippen LogP contribution is 2.48. The van der Waals surface area contributed by atoms with Crippen LogP contribution in [0.5, 0.6) is 0 Å². The lowest BCUT2D eigenvalue weighted by atomic mass is 10.0. The van der Waals surface area contributed by atoms with Gasteiger partial charge in [-0.1, -0.05) is 36.0 Å². The lowest BCUT2D eigenvalue weighted by Gasteiger charge is -2.40. The number of rotatable bonds is 6. The van der Waals surface area contributed by atoms with Crippen LogP contribution in [0, 0.1) is 0 Å². The molecule has 2 aromatic rings. The molecule has 184 valence electrons. The standard InChI is InChI=1S/C24H25FN4O5S/c25-14-19(30)15(13-22(31)34-26)27-23(32)18-9-5-6-12-28(18)24(33)29-16-7-1-3-10-20(16)35-21-11-4-2-8-17(21)29/h1-4,7-8,10-11,15,18H,5-6,9,12-14,26H2,(H,27,32). The normalized spacial score (nSPS) is 17.6. The van der Waals surface area contributed by atoms with Gasteiger partial charge in [-0.15, -0.1) is 0 Å². The second-order valence-corrected chi connectivity index (χ2v) is 9.30. The van der Waals surface area contributed by atoms with E-state index in [-0.39, 0.29) is 6.03 Å². The molecule has 2 aliphatic rings. The van der Waals surface area contributed by atoms with E-state index < -0.39 is 42.8 Å². The van der Waals surface area contributed by atoms with Crippen molar-refractivity contribution >= 4 is 46.8 Å². The lowest BCUT2D eigenvalue weighted by Crippen LogP contribution is -2.57. The largest absolute Gasteiger partial charge is 0.373 e. The number of anilines is 2. The number of nitrogens with zero attached hydrogens (tertiary/aromatic N) is 2. The number of amides is 3. The molecule has 3 N–H and O–H groups in total. The van der Waals surface area contributed by atoms with Crippen molar-refractivity contribution in [3.8, 4) is 0 Å². The first-order valence-corrected chi connectivity index (χ1v) is 12.0. The minimum absolute atomic E-state index is 0.331. The molecule has 35 heavy (non-hydrogen) atoms. The van der Waals surface area contributed by atoms with Gasteiger partial charge in [0.25, 0.3) is 0 Å². The van der Waals surface area contributed by atoms with E-state index in [2.05, 4.69) is 10.2 Å². The number of urea groups is 1. The molecule has 11 heteroatoms. The zero-order valence-corrected chi connectivity index (χ0v) is 19.6. The summed E-state index contributed by atoms with van der Waals surface area (Å²) in [5, 5.41) is 2.43. The third kappa shape index (κ3) is 5.15. The molecule has 2 aromatic carbocycles. The molecule has 0 aromatic heterocycles. The molecule has 0 radical (unpaired) electrons. The molecule has 2 atom stereocenters. The van der Waals surface area contributed by atoms with Gasteiger partial charge in [0, 0.05) is 16.3 Å². The van der Waals surface area contributed by atoms with Crippen LogP contribution in [0.3, 0.4) is 0 Å². The predicted octanol–water partition coefficient (Wildman–Crippen LogP) is 3.09. The van der Waals surface area contributed by atoms with Gasteiger partial charge in [-0.3, -0.25) is 19.3 Å². The summed E-state index contributed by atoms with van der Waals surface area (Å²) in [7, 11) is 0. The Morgan fingerprint density at radius 2 is 1.69 bits per heavy atom. The maximum atomic E-state index is 13.9. The van der Waals surface area contributed by atoms with Gasteiger partial charge in [-0.05, 0) is 43.5 Å². The maximum Gasteiger partial charge on any atom is 0.329 e. The van der Waals surface area contributed by atoms with E-state index in [1.54, 1.807) is 16.7 Å². The molecular weight excluding hydrogens is 475 g/mol. The van der Waals surface area contributed by atoms with Crippen LogP contribution >= 0.6 is 11.8 Å². The highest BCUT2D eigenvalue weighted by Gasteiger charge is 2.39. The highest BCUT2D eigenvalue weighted by atomic mass is 32.2. The number of halogens is 1. The Morgan fingerprint density at radius 1 is 1.06 bits per heavy atom. The first kappa shape index (κ1) is 24.7. The van der Waals surface area contributed by atoms with E-state index in [4.69, 9.17) is 5.90 Å².